The summed E-state index contributed by atoms with van der Waals surface area (Å²) in [6.45, 7) is 1.49. The standard InChI is InChI=1S/C9H11N3O2S/c10-9(12-13)7-1-2-11-3-8(7)15-6-4-14-5-6/h1-3,6,13H,4-5H2,(H2,10,12). The Morgan fingerprint density at radius 2 is 2.47 bits per heavy atom. The molecule has 2 heterocycles. The Bertz CT molecular complexity index is 379. The summed E-state index contributed by atoms with van der Waals surface area (Å²) in [6.07, 6.45) is 3.34. The van der Waals surface area contributed by atoms with Gasteiger partial charge in [-0.15, -0.1) is 11.8 Å². The number of amidine groups is 1. The third-order valence-electron chi connectivity index (χ3n) is 2.07. The van der Waals surface area contributed by atoms with Gasteiger partial charge in [0.25, 0.3) is 0 Å². The van der Waals surface area contributed by atoms with Crippen molar-refractivity contribution in [1.29, 1.82) is 0 Å². The zero-order valence-corrected chi connectivity index (χ0v) is 8.78. The number of nitrogens with two attached hydrogens (primary N) is 1. The maximum Gasteiger partial charge on any atom is 0.171 e. The van der Waals surface area contributed by atoms with Crippen LogP contribution in [0, 0.1) is 0 Å². The van der Waals surface area contributed by atoms with E-state index in [0.717, 1.165) is 18.1 Å². The molecule has 0 radical (unpaired) electrons. The van der Waals surface area contributed by atoms with Gasteiger partial charge in [-0.1, -0.05) is 5.16 Å². The molecule has 6 heteroatoms. The van der Waals surface area contributed by atoms with Crippen molar-refractivity contribution in [3.05, 3.63) is 24.0 Å². The summed E-state index contributed by atoms with van der Waals surface area (Å²) < 4.78 is 5.08. The van der Waals surface area contributed by atoms with Gasteiger partial charge in [0.15, 0.2) is 5.84 Å². The number of thioether (sulfide) groups is 1. The number of oxime groups is 1. The fraction of sp³-hybridized carbons (Fsp3) is 0.333. The molecule has 0 unspecified atom stereocenters. The van der Waals surface area contributed by atoms with E-state index in [4.69, 9.17) is 15.7 Å². The molecule has 80 valence electrons. The van der Waals surface area contributed by atoms with Crippen LogP contribution in [0.25, 0.3) is 0 Å². The van der Waals surface area contributed by atoms with E-state index in [-0.39, 0.29) is 5.84 Å². The van der Waals surface area contributed by atoms with E-state index in [1.165, 1.54) is 0 Å². The molecule has 0 saturated carbocycles. The van der Waals surface area contributed by atoms with Gasteiger partial charge >= 0.3 is 0 Å². The van der Waals surface area contributed by atoms with Crippen LogP contribution in [0.15, 0.2) is 28.5 Å². The molecule has 0 aliphatic carbocycles. The molecule has 3 N–H and O–H groups in total. The highest BCUT2D eigenvalue weighted by Gasteiger charge is 2.21. The minimum absolute atomic E-state index is 0.111. The van der Waals surface area contributed by atoms with Crippen LogP contribution in [-0.4, -0.2) is 34.5 Å². The molecule has 1 aromatic heterocycles. The van der Waals surface area contributed by atoms with E-state index >= 15 is 0 Å². The maximum atomic E-state index is 8.63. The van der Waals surface area contributed by atoms with Crippen molar-refractivity contribution in [3.63, 3.8) is 0 Å². The Balaban J connectivity index is 2.20. The van der Waals surface area contributed by atoms with Crippen molar-refractivity contribution >= 4 is 17.6 Å². The maximum absolute atomic E-state index is 8.63. The third kappa shape index (κ3) is 2.21. The van der Waals surface area contributed by atoms with Crippen LogP contribution >= 0.6 is 11.8 Å². The molecule has 1 saturated heterocycles. The molecular weight excluding hydrogens is 214 g/mol. The topological polar surface area (TPSA) is 80.7 Å². The lowest BCUT2D eigenvalue weighted by Gasteiger charge is -2.25. The highest BCUT2D eigenvalue weighted by Crippen LogP contribution is 2.29. The Morgan fingerprint density at radius 3 is 3.07 bits per heavy atom. The molecule has 0 bridgehead atoms. The first-order valence-electron chi connectivity index (χ1n) is 4.47. The predicted octanol–water partition coefficient (Wildman–Crippen LogP) is 0.667. The van der Waals surface area contributed by atoms with Crippen LogP contribution in [0.5, 0.6) is 0 Å². The van der Waals surface area contributed by atoms with Crippen LogP contribution in [0.1, 0.15) is 5.56 Å². The minimum atomic E-state index is 0.111. The van der Waals surface area contributed by atoms with Crippen molar-refractivity contribution in [1.82, 2.24) is 4.98 Å². The first-order valence-corrected chi connectivity index (χ1v) is 5.35. The molecule has 5 nitrogen and oxygen atoms in total. The smallest absolute Gasteiger partial charge is 0.171 e. The number of nitrogens with zero attached hydrogens (tertiary/aromatic N) is 2. The SMILES string of the molecule is N/C(=N/O)c1ccncc1SC1COC1. The molecule has 0 atom stereocenters. The van der Waals surface area contributed by atoms with E-state index < -0.39 is 0 Å². The van der Waals surface area contributed by atoms with E-state index in [1.54, 1.807) is 30.2 Å². The summed E-state index contributed by atoms with van der Waals surface area (Å²) >= 11 is 1.64. The normalized spacial score (nSPS) is 17.5. The Kier molecular flexibility index (Phi) is 3.08. The van der Waals surface area contributed by atoms with Crippen LogP contribution in [0.3, 0.4) is 0 Å². The number of rotatable bonds is 3. The Labute approximate surface area is 91.3 Å². The van der Waals surface area contributed by atoms with E-state index in [1.807, 2.05) is 0 Å². The number of hydrogen-bond acceptors (Lipinski definition) is 5. The van der Waals surface area contributed by atoms with Gasteiger partial charge in [-0.2, -0.15) is 0 Å². The van der Waals surface area contributed by atoms with E-state index in [2.05, 4.69) is 10.1 Å². The molecule has 0 amide bonds. The van der Waals surface area contributed by atoms with Gasteiger partial charge in [0, 0.05) is 22.9 Å². The lowest BCUT2D eigenvalue weighted by Crippen LogP contribution is -2.30. The summed E-state index contributed by atoms with van der Waals surface area (Å²) in [5, 5.41) is 12.1. The summed E-state index contributed by atoms with van der Waals surface area (Å²) in [4.78, 5) is 4.94. The van der Waals surface area contributed by atoms with E-state index in [9.17, 15) is 0 Å². The van der Waals surface area contributed by atoms with Crippen molar-refractivity contribution in [2.24, 2.45) is 10.9 Å². The van der Waals surface area contributed by atoms with Gasteiger partial charge in [-0.3, -0.25) is 4.98 Å². The number of ether oxygens (including phenoxy) is 1. The van der Waals surface area contributed by atoms with Gasteiger partial charge < -0.3 is 15.7 Å². The second-order valence-electron chi connectivity index (χ2n) is 3.13. The average Bonchev–Trinajstić information content (AvgIpc) is 2.23. The second-order valence-corrected chi connectivity index (χ2v) is 4.48. The largest absolute Gasteiger partial charge is 0.409 e. The average molecular weight is 225 g/mol. The molecule has 2 rings (SSSR count). The summed E-state index contributed by atoms with van der Waals surface area (Å²) in [7, 11) is 0. The van der Waals surface area contributed by atoms with Crippen LogP contribution in [0.4, 0.5) is 0 Å². The van der Waals surface area contributed by atoms with Gasteiger partial charge in [-0.25, -0.2) is 0 Å². The molecule has 0 spiro atoms. The van der Waals surface area contributed by atoms with Gasteiger partial charge in [0.2, 0.25) is 0 Å². The summed E-state index contributed by atoms with van der Waals surface area (Å²) in [6, 6.07) is 1.73. The monoisotopic (exact) mass is 225 g/mol. The summed E-state index contributed by atoms with van der Waals surface area (Å²) in [5.74, 6) is 0.111. The first-order chi connectivity index (χ1) is 7.31. The quantitative estimate of drug-likeness (QED) is 0.342. The van der Waals surface area contributed by atoms with Crippen LogP contribution < -0.4 is 5.73 Å². The van der Waals surface area contributed by atoms with Gasteiger partial charge in [-0.05, 0) is 6.07 Å². The highest BCUT2D eigenvalue weighted by atomic mass is 32.2. The number of aromatic nitrogens is 1. The zero-order chi connectivity index (χ0) is 10.7. The second kappa shape index (κ2) is 4.50. The molecule has 0 aromatic carbocycles. The fourth-order valence-corrected chi connectivity index (χ4v) is 2.31. The van der Waals surface area contributed by atoms with Crippen molar-refractivity contribution in [2.45, 2.75) is 10.1 Å². The molecule has 15 heavy (non-hydrogen) atoms. The Hall–Kier alpha value is -1.27. The van der Waals surface area contributed by atoms with Gasteiger partial charge in [0.05, 0.1) is 18.5 Å². The van der Waals surface area contributed by atoms with Gasteiger partial charge in [0.1, 0.15) is 0 Å². The highest BCUT2D eigenvalue weighted by molar-refractivity contribution is 8.00. The van der Waals surface area contributed by atoms with Crippen LogP contribution in [0.2, 0.25) is 0 Å². The minimum Gasteiger partial charge on any atom is -0.409 e. The number of hydrogen-bond donors (Lipinski definition) is 2. The lowest BCUT2D eigenvalue weighted by atomic mass is 10.2. The molecule has 1 aliphatic rings. The van der Waals surface area contributed by atoms with E-state index in [0.29, 0.717) is 10.8 Å². The fourth-order valence-electron chi connectivity index (χ4n) is 1.20. The van der Waals surface area contributed by atoms with Crippen LogP contribution in [-0.2, 0) is 4.74 Å². The molecule has 1 fully saturated rings. The van der Waals surface area contributed by atoms with Crippen molar-refractivity contribution in [2.75, 3.05) is 13.2 Å². The Morgan fingerprint density at radius 1 is 1.67 bits per heavy atom. The molecule has 1 aliphatic heterocycles. The first kappa shape index (κ1) is 10.3. The third-order valence-corrected chi connectivity index (χ3v) is 3.25. The lowest BCUT2D eigenvalue weighted by molar-refractivity contribution is 0.0455. The number of pyridine rings is 1. The molecular formula is C9H11N3O2S. The predicted molar refractivity (Wildman–Crippen MR) is 57.2 cm³/mol. The zero-order valence-electron chi connectivity index (χ0n) is 7.96. The summed E-state index contributed by atoms with van der Waals surface area (Å²) in [5.41, 5.74) is 6.27. The molecule has 1 aromatic rings. The van der Waals surface area contributed by atoms with Crippen molar-refractivity contribution < 1.29 is 9.94 Å². The van der Waals surface area contributed by atoms with Crippen molar-refractivity contribution in [3.8, 4) is 0 Å².